The van der Waals surface area contributed by atoms with Gasteiger partial charge in [-0.2, -0.15) is 0 Å². The zero-order chi connectivity index (χ0) is 16.2. The van der Waals surface area contributed by atoms with E-state index in [1.54, 1.807) is 45.2 Å². The Bertz CT molecular complexity index is 526. The maximum Gasteiger partial charge on any atom is 0.341 e. The van der Waals surface area contributed by atoms with Gasteiger partial charge in [-0.05, 0) is 37.1 Å². The first kappa shape index (κ1) is 16.3. The summed E-state index contributed by atoms with van der Waals surface area (Å²) in [6.07, 6.45) is 2.85. The number of carbonyl (C=O) groups is 2. The second-order valence-corrected chi connectivity index (χ2v) is 5.81. The zero-order valence-corrected chi connectivity index (χ0v) is 13.3. The number of rotatable bonds is 5. The molecule has 1 aliphatic rings. The van der Waals surface area contributed by atoms with Crippen molar-refractivity contribution in [2.75, 3.05) is 7.11 Å². The Morgan fingerprint density at radius 2 is 1.64 bits per heavy atom. The number of carbonyl (C=O) groups excluding carboxylic acids is 2. The molecule has 1 aromatic carbocycles. The first-order valence-corrected chi connectivity index (χ1v) is 7.56. The summed E-state index contributed by atoms with van der Waals surface area (Å²) in [6.45, 7) is 3.52. The fraction of sp³-hybridized carbons (Fsp3) is 0.529. The van der Waals surface area contributed by atoms with Crippen LogP contribution in [-0.2, 0) is 14.3 Å². The molecule has 2 rings (SSSR count). The first-order chi connectivity index (χ1) is 10.5. The molecule has 1 fully saturated rings. The lowest BCUT2D eigenvalue weighted by Crippen LogP contribution is -2.38. The maximum atomic E-state index is 12.3. The Balaban J connectivity index is 2.09. The van der Waals surface area contributed by atoms with Crippen LogP contribution in [0.2, 0.25) is 0 Å². The Morgan fingerprint density at radius 1 is 1.05 bits per heavy atom. The van der Waals surface area contributed by atoms with Gasteiger partial charge in [0.25, 0.3) is 5.79 Å². The van der Waals surface area contributed by atoms with Gasteiger partial charge in [-0.15, -0.1) is 0 Å². The molecule has 0 aliphatic heterocycles. The number of hydrogen-bond acceptors (Lipinski definition) is 5. The molecule has 22 heavy (non-hydrogen) atoms. The topological polar surface area (TPSA) is 61.8 Å². The van der Waals surface area contributed by atoms with E-state index in [0.29, 0.717) is 24.2 Å². The van der Waals surface area contributed by atoms with E-state index in [-0.39, 0.29) is 11.9 Å². The van der Waals surface area contributed by atoms with Gasteiger partial charge in [-0.3, -0.25) is 4.79 Å². The molecule has 0 aromatic heterocycles. The lowest BCUT2D eigenvalue weighted by atomic mass is 10.2. The summed E-state index contributed by atoms with van der Waals surface area (Å²) < 4.78 is 16.1. The molecule has 0 radical (unpaired) electrons. The summed E-state index contributed by atoms with van der Waals surface area (Å²) in [5.41, 5.74) is 0.410. The molecule has 0 saturated heterocycles. The van der Waals surface area contributed by atoms with Gasteiger partial charge in [0.15, 0.2) is 0 Å². The molecule has 0 atom stereocenters. The average Bonchev–Trinajstić information content (AvgIpc) is 2.95. The third-order valence-electron chi connectivity index (χ3n) is 3.73. The Labute approximate surface area is 130 Å². The summed E-state index contributed by atoms with van der Waals surface area (Å²) >= 11 is 0. The van der Waals surface area contributed by atoms with E-state index in [1.807, 2.05) is 0 Å². The fourth-order valence-corrected chi connectivity index (χ4v) is 2.39. The second-order valence-electron chi connectivity index (χ2n) is 5.81. The fourth-order valence-electron chi connectivity index (χ4n) is 2.39. The molecule has 5 nitrogen and oxygen atoms in total. The van der Waals surface area contributed by atoms with Crippen molar-refractivity contribution in [3.05, 3.63) is 29.8 Å². The van der Waals surface area contributed by atoms with Crippen molar-refractivity contribution >= 4 is 11.9 Å². The molecular formula is C17H22O5. The third-order valence-corrected chi connectivity index (χ3v) is 3.73. The van der Waals surface area contributed by atoms with E-state index in [2.05, 4.69) is 0 Å². The van der Waals surface area contributed by atoms with E-state index in [0.717, 1.165) is 12.8 Å². The zero-order valence-electron chi connectivity index (χ0n) is 13.3. The lowest BCUT2D eigenvalue weighted by Gasteiger charge is -2.29. The van der Waals surface area contributed by atoms with Gasteiger partial charge >= 0.3 is 11.9 Å². The monoisotopic (exact) mass is 306 g/mol. The average molecular weight is 306 g/mol. The highest BCUT2D eigenvalue weighted by atomic mass is 16.7. The summed E-state index contributed by atoms with van der Waals surface area (Å²) in [5.74, 6) is -1.53. The SMILES string of the molecule is COc1ccc(C(=O)OC2(OC(=O)C(C)C)CCCC2)cc1. The van der Waals surface area contributed by atoms with Gasteiger partial charge in [0.2, 0.25) is 0 Å². The molecule has 5 heteroatoms. The predicted octanol–water partition coefficient (Wildman–Crippen LogP) is 3.32. The molecule has 0 heterocycles. The number of ether oxygens (including phenoxy) is 3. The van der Waals surface area contributed by atoms with Crippen molar-refractivity contribution in [1.82, 2.24) is 0 Å². The standard InChI is InChI=1S/C17H22O5/c1-12(2)15(18)21-17(10-4-5-11-17)22-16(19)13-6-8-14(20-3)9-7-13/h6-9,12H,4-5,10-11H2,1-3H3. The highest BCUT2D eigenvalue weighted by Crippen LogP contribution is 2.36. The molecule has 0 spiro atoms. The Morgan fingerprint density at radius 3 is 2.14 bits per heavy atom. The van der Waals surface area contributed by atoms with Crippen LogP contribution in [0.25, 0.3) is 0 Å². The van der Waals surface area contributed by atoms with Crippen LogP contribution >= 0.6 is 0 Å². The molecule has 0 amide bonds. The van der Waals surface area contributed by atoms with Crippen LogP contribution in [0.3, 0.4) is 0 Å². The van der Waals surface area contributed by atoms with Crippen LogP contribution in [0, 0.1) is 5.92 Å². The van der Waals surface area contributed by atoms with E-state index in [4.69, 9.17) is 14.2 Å². The van der Waals surface area contributed by atoms with Crippen molar-refractivity contribution in [3.63, 3.8) is 0 Å². The Hall–Kier alpha value is -2.04. The molecular weight excluding hydrogens is 284 g/mol. The molecule has 120 valence electrons. The quantitative estimate of drug-likeness (QED) is 0.617. The largest absolute Gasteiger partial charge is 0.497 e. The highest BCUT2D eigenvalue weighted by Gasteiger charge is 2.42. The van der Waals surface area contributed by atoms with E-state index in [9.17, 15) is 9.59 Å². The summed E-state index contributed by atoms with van der Waals surface area (Å²) in [7, 11) is 1.56. The normalized spacial score (nSPS) is 16.4. The summed E-state index contributed by atoms with van der Waals surface area (Å²) in [5, 5.41) is 0. The van der Waals surface area contributed by atoms with E-state index < -0.39 is 11.8 Å². The molecule has 1 aliphatic carbocycles. The Kier molecular flexibility index (Phi) is 5.06. The van der Waals surface area contributed by atoms with Crippen molar-refractivity contribution in [2.45, 2.75) is 45.3 Å². The van der Waals surface area contributed by atoms with Crippen molar-refractivity contribution in [1.29, 1.82) is 0 Å². The van der Waals surface area contributed by atoms with Crippen LogP contribution in [-0.4, -0.2) is 24.8 Å². The lowest BCUT2D eigenvalue weighted by molar-refractivity contribution is -0.209. The smallest absolute Gasteiger partial charge is 0.341 e. The van der Waals surface area contributed by atoms with Gasteiger partial charge in [0.1, 0.15) is 5.75 Å². The van der Waals surface area contributed by atoms with Crippen LogP contribution in [0.15, 0.2) is 24.3 Å². The minimum Gasteiger partial charge on any atom is -0.497 e. The van der Waals surface area contributed by atoms with Crippen molar-refractivity contribution in [3.8, 4) is 5.75 Å². The molecule has 0 bridgehead atoms. The maximum absolute atomic E-state index is 12.3. The summed E-state index contributed by atoms with van der Waals surface area (Å²) in [6, 6.07) is 6.65. The van der Waals surface area contributed by atoms with Crippen LogP contribution < -0.4 is 4.74 Å². The summed E-state index contributed by atoms with van der Waals surface area (Å²) in [4.78, 5) is 24.2. The van der Waals surface area contributed by atoms with Gasteiger partial charge in [0, 0.05) is 12.8 Å². The number of methoxy groups -OCH3 is 1. The minimum absolute atomic E-state index is 0.253. The number of esters is 2. The van der Waals surface area contributed by atoms with Gasteiger partial charge in [-0.1, -0.05) is 13.8 Å². The van der Waals surface area contributed by atoms with E-state index in [1.165, 1.54) is 0 Å². The predicted molar refractivity (Wildman–Crippen MR) is 80.5 cm³/mol. The third kappa shape index (κ3) is 3.78. The highest BCUT2D eigenvalue weighted by molar-refractivity contribution is 5.90. The molecule has 0 N–H and O–H groups in total. The molecule has 0 unspecified atom stereocenters. The van der Waals surface area contributed by atoms with E-state index >= 15 is 0 Å². The van der Waals surface area contributed by atoms with Crippen molar-refractivity contribution in [2.24, 2.45) is 5.92 Å². The van der Waals surface area contributed by atoms with Gasteiger partial charge in [0.05, 0.1) is 18.6 Å². The molecule has 1 aromatic rings. The second kappa shape index (κ2) is 6.81. The van der Waals surface area contributed by atoms with Crippen LogP contribution in [0.4, 0.5) is 0 Å². The van der Waals surface area contributed by atoms with Crippen LogP contribution in [0.1, 0.15) is 49.9 Å². The van der Waals surface area contributed by atoms with Gasteiger partial charge in [-0.25, -0.2) is 4.79 Å². The minimum atomic E-state index is -1.11. The van der Waals surface area contributed by atoms with Gasteiger partial charge < -0.3 is 14.2 Å². The number of benzene rings is 1. The first-order valence-electron chi connectivity index (χ1n) is 7.56. The van der Waals surface area contributed by atoms with Crippen LogP contribution in [0.5, 0.6) is 5.75 Å². The molecule has 1 saturated carbocycles. The number of hydrogen-bond donors (Lipinski definition) is 0. The van der Waals surface area contributed by atoms with Crippen molar-refractivity contribution < 1.29 is 23.8 Å².